The van der Waals surface area contributed by atoms with Crippen molar-refractivity contribution in [1.82, 2.24) is 0 Å². The van der Waals surface area contributed by atoms with Gasteiger partial charge in [-0.05, 0) is 23.8 Å². The minimum absolute atomic E-state index is 0.0185. The Morgan fingerprint density at radius 1 is 1.11 bits per heavy atom. The van der Waals surface area contributed by atoms with Gasteiger partial charge in [-0.25, -0.2) is 0 Å². The highest BCUT2D eigenvalue weighted by atomic mass is 16.6. The predicted octanol–water partition coefficient (Wildman–Crippen LogP) is 4.35. The van der Waals surface area contributed by atoms with E-state index in [-0.39, 0.29) is 5.75 Å². The molecule has 1 N–H and O–H groups in total. The summed E-state index contributed by atoms with van der Waals surface area (Å²) in [7, 11) is 1.34. The molecular weight excluding hydrogens is 358 g/mol. The van der Waals surface area contributed by atoms with Crippen molar-refractivity contribution in [1.29, 1.82) is 0 Å². The molecule has 0 fully saturated rings. The van der Waals surface area contributed by atoms with Gasteiger partial charge in [0.2, 0.25) is 5.75 Å². The Labute approximate surface area is 162 Å². The Balaban J connectivity index is 1.95. The van der Waals surface area contributed by atoms with Crippen LogP contribution < -0.4 is 9.75 Å². The number of benzene rings is 3. The van der Waals surface area contributed by atoms with Gasteiger partial charge in [-0.15, -0.1) is 0 Å². The fourth-order valence-corrected chi connectivity index (χ4v) is 2.67. The predicted molar refractivity (Wildman–Crippen MR) is 108 cm³/mol. The van der Waals surface area contributed by atoms with E-state index in [0.717, 1.165) is 11.3 Å². The van der Waals surface area contributed by atoms with Crippen LogP contribution in [0, 0.1) is 10.1 Å². The number of rotatable bonds is 7. The number of nitro benzene ring substituents is 1. The van der Waals surface area contributed by atoms with Gasteiger partial charge >= 0.3 is 5.69 Å². The lowest BCUT2D eigenvalue weighted by Gasteiger charge is -2.19. The smallest absolute Gasteiger partial charge is 0.315 e. The van der Waals surface area contributed by atoms with Gasteiger partial charge in [0.1, 0.15) is 0 Å². The molecule has 3 aromatic rings. The maximum absolute atomic E-state index is 11.2. The zero-order valence-electron chi connectivity index (χ0n) is 15.2. The molecule has 0 radical (unpaired) electrons. The van der Waals surface area contributed by atoms with E-state index in [0.29, 0.717) is 12.1 Å². The first-order chi connectivity index (χ1) is 13.6. The van der Waals surface area contributed by atoms with Crippen LogP contribution in [0.4, 0.5) is 11.4 Å². The Bertz CT molecular complexity index is 976. The summed E-state index contributed by atoms with van der Waals surface area (Å²) in [6, 6.07) is 22.2. The monoisotopic (exact) mass is 377 g/mol. The van der Waals surface area contributed by atoms with E-state index in [1.807, 2.05) is 60.7 Å². The third-order valence-electron chi connectivity index (χ3n) is 4.07. The molecule has 0 unspecified atom stereocenters. The summed E-state index contributed by atoms with van der Waals surface area (Å²) in [6.45, 7) is 0.526. The first-order valence-electron chi connectivity index (χ1n) is 8.54. The van der Waals surface area contributed by atoms with Crippen molar-refractivity contribution < 1.29 is 14.8 Å². The topological polar surface area (TPSA) is 88.2 Å². The van der Waals surface area contributed by atoms with E-state index in [1.54, 1.807) is 5.01 Å². The van der Waals surface area contributed by atoms with E-state index in [1.165, 1.54) is 25.5 Å². The highest BCUT2D eigenvalue weighted by Crippen LogP contribution is 2.36. The van der Waals surface area contributed by atoms with Gasteiger partial charge in [-0.2, -0.15) is 5.10 Å². The fraction of sp³-hybridized carbons (Fsp3) is 0.0952. The molecule has 0 bridgehead atoms. The van der Waals surface area contributed by atoms with E-state index in [2.05, 4.69) is 5.10 Å². The molecule has 0 aliphatic heterocycles. The lowest BCUT2D eigenvalue weighted by atomic mass is 10.2. The molecule has 0 aliphatic rings. The molecule has 3 rings (SSSR count). The number of phenols is 1. The van der Waals surface area contributed by atoms with Crippen molar-refractivity contribution in [3.05, 3.63) is 94.0 Å². The molecule has 0 saturated carbocycles. The second kappa shape index (κ2) is 8.68. The van der Waals surface area contributed by atoms with Crippen LogP contribution >= 0.6 is 0 Å². The van der Waals surface area contributed by atoms with E-state index in [4.69, 9.17) is 4.74 Å². The number of phenolic OH excluding ortho intramolecular Hbond substituents is 1. The van der Waals surface area contributed by atoms with Crippen LogP contribution in [-0.4, -0.2) is 23.4 Å². The van der Waals surface area contributed by atoms with Crippen molar-refractivity contribution >= 4 is 17.6 Å². The van der Waals surface area contributed by atoms with Crippen LogP contribution in [0.15, 0.2) is 77.9 Å². The molecule has 0 aromatic heterocycles. The summed E-state index contributed by atoms with van der Waals surface area (Å²) in [6.07, 6.45) is 1.50. The van der Waals surface area contributed by atoms with Gasteiger partial charge in [-0.3, -0.25) is 15.1 Å². The van der Waals surface area contributed by atoms with Gasteiger partial charge in [0.25, 0.3) is 0 Å². The van der Waals surface area contributed by atoms with Crippen molar-refractivity contribution in [3.63, 3.8) is 0 Å². The molecule has 0 saturated heterocycles. The lowest BCUT2D eigenvalue weighted by Crippen LogP contribution is -2.16. The summed E-state index contributed by atoms with van der Waals surface area (Å²) in [5.41, 5.74) is 1.95. The molecule has 28 heavy (non-hydrogen) atoms. The number of methoxy groups -OCH3 is 1. The number of aromatic hydroxyl groups is 1. The van der Waals surface area contributed by atoms with Crippen molar-refractivity contribution in [3.8, 4) is 11.5 Å². The molecule has 3 aromatic carbocycles. The number of nitro groups is 1. The van der Waals surface area contributed by atoms with Gasteiger partial charge in [0.05, 0.1) is 30.5 Å². The minimum Gasteiger partial charge on any atom is -0.500 e. The normalized spacial score (nSPS) is 10.8. The molecule has 0 atom stereocenters. The molecule has 0 aliphatic carbocycles. The average Bonchev–Trinajstić information content (AvgIpc) is 2.73. The number of para-hydroxylation sites is 1. The van der Waals surface area contributed by atoms with E-state index in [9.17, 15) is 15.2 Å². The zero-order chi connectivity index (χ0) is 19.9. The van der Waals surface area contributed by atoms with Crippen LogP contribution in [0.5, 0.6) is 11.5 Å². The molecule has 0 heterocycles. The maximum Gasteiger partial charge on any atom is 0.315 e. The summed E-state index contributed by atoms with van der Waals surface area (Å²) >= 11 is 0. The average molecular weight is 377 g/mol. The van der Waals surface area contributed by atoms with Crippen LogP contribution in [0.2, 0.25) is 0 Å². The number of hydrazone groups is 1. The number of hydrogen-bond donors (Lipinski definition) is 1. The highest BCUT2D eigenvalue weighted by molar-refractivity contribution is 5.83. The molecule has 7 nitrogen and oxygen atoms in total. The first-order valence-corrected chi connectivity index (χ1v) is 8.54. The number of anilines is 1. The molecule has 142 valence electrons. The van der Waals surface area contributed by atoms with Gasteiger partial charge in [0.15, 0.2) is 5.75 Å². The number of nitrogens with zero attached hydrogens (tertiary/aromatic N) is 3. The highest BCUT2D eigenvalue weighted by Gasteiger charge is 2.19. The number of ether oxygens (including phenoxy) is 1. The third kappa shape index (κ3) is 4.45. The summed E-state index contributed by atoms with van der Waals surface area (Å²) in [5, 5.41) is 27.4. The second-order valence-corrected chi connectivity index (χ2v) is 5.97. The molecule has 0 spiro atoms. The molecule has 0 amide bonds. The van der Waals surface area contributed by atoms with Crippen LogP contribution in [0.25, 0.3) is 0 Å². The Morgan fingerprint density at radius 2 is 1.75 bits per heavy atom. The maximum atomic E-state index is 11.2. The minimum atomic E-state index is -0.659. The zero-order valence-corrected chi connectivity index (χ0v) is 15.2. The largest absolute Gasteiger partial charge is 0.500 e. The van der Waals surface area contributed by atoms with E-state index < -0.39 is 16.4 Å². The standard InChI is InChI=1S/C21H19N3O4/c1-28-20-13-17(12-19(21(20)25)24(26)27)14-22-23(18-10-6-3-7-11-18)15-16-8-4-2-5-9-16/h2-14,25H,15H2,1H3/b22-14-. The van der Waals surface area contributed by atoms with Gasteiger partial charge in [0, 0.05) is 11.6 Å². The van der Waals surface area contributed by atoms with Gasteiger partial charge in [-0.1, -0.05) is 48.5 Å². The van der Waals surface area contributed by atoms with Crippen molar-refractivity contribution in [2.45, 2.75) is 6.54 Å². The lowest BCUT2D eigenvalue weighted by molar-refractivity contribution is -0.386. The van der Waals surface area contributed by atoms with Gasteiger partial charge < -0.3 is 9.84 Å². The first kappa shape index (κ1) is 18.9. The van der Waals surface area contributed by atoms with Crippen LogP contribution in [-0.2, 0) is 6.54 Å². The second-order valence-electron chi connectivity index (χ2n) is 5.97. The number of hydrogen-bond acceptors (Lipinski definition) is 6. The quantitative estimate of drug-likeness (QED) is 0.376. The van der Waals surface area contributed by atoms with Crippen molar-refractivity contribution in [2.75, 3.05) is 12.1 Å². The van der Waals surface area contributed by atoms with Crippen LogP contribution in [0.1, 0.15) is 11.1 Å². The summed E-state index contributed by atoms with van der Waals surface area (Å²) in [4.78, 5) is 10.5. The Kier molecular flexibility index (Phi) is 5.86. The Morgan fingerprint density at radius 3 is 2.36 bits per heavy atom. The summed E-state index contributed by atoms with van der Waals surface area (Å²) < 4.78 is 5.03. The third-order valence-corrected chi connectivity index (χ3v) is 4.07. The molecular formula is C21H19N3O4. The Hall–Kier alpha value is -3.87. The SMILES string of the molecule is COc1cc(/C=N\N(Cc2ccccc2)c2ccccc2)cc([N+](=O)[O-])c1O. The fourth-order valence-electron chi connectivity index (χ4n) is 2.67. The van der Waals surface area contributed by atoms with E-state index >= 15 is 0 Å². The molecule has 7 heteroatoms. The van der Waals surface area contributed by atoms with Crippen molar-refractivity contribution in [2.24, 2.45) is 5.10 Å². The van der Waals surface area contributed by atoms with Crippen LogP contribution in [0.3, 0.4) is 0 Å². The summed E-state index contributed by atoms with van der Waals surface area (Å²) in [5.74, 6) is -0.487.